The number of nitrogens with one attached hydrogen (secondary N) is 1. The monoisotopic (exact) mass is 461 g/mol. The molecule has 11 heteroatoms. The first kappa shape index (κ1) is 21.1. The van der Waals surface area contributed by atoms with Gasteiger partial charge in [0.2, 0.25) is 0 Å². The Morgan fingerprint density at radius 3 is 2.75 bits per heavy atom. The lowest BCUT2D eigenvalue weighted by molar-refractivity contribution is -0.127. The van der Waals surface area contributed by atoms with E-state index in [0.717, 1.165) is 36.4 Å². The van der Waals surface area contributed by atoms with Crippen molar-refractivity contribution >= 4 is 17.0 Å². The second kappa shape index (κ2) is 7.96. The Morgan fingerprint density at radius 1 is 1.22 bits per heavy atom. The van der Waals surface area contributed by atoms with Crippen LogP contribution in [0.1, 0.15) is 34.8 Å². The molecule has 32 heavy (non-hydrogen) atoms. The average molecular weight is 462 g/mol. The van der Waals surface area contributed by atoms with Crippen molar-refractivity contribution in [1.29, 1.82) is 0 Å². The number of aromatic nitrogens is 6. The Hall–Kier alpha value is -2.79. The van der Waals surface area contributed by atoms with Crippen LogP contribution in [0, 0.1) is 6.92 Å². The van der Waals surface area contributed by atoms with Crippen LogP contribution in [0.5, 0.6) is 0 Å². The lowest BCUT2D eigenvalue weighted by atomic mass is 9.96. The fourth-order valence-electron chi connectivity index (χ4n) is 4.26. The normalized spacial score (nSPS) is 16.3. The first-order valence-electron chi connectivity index (χ1n) is 10.4. The molecule has 168 valence electrons. The number of rotatable bonds is 4. The maximum absolute atomic E-state index is 13.5. The van der Waals surface area contributed by atoms with E-state index in [1.165, 1.54) is 17.7 Å². The molecule has 4 aromatic heterocycles. The molecule has 5 rings (SSSR count). The second-order valence-electron chi connectivity index (χ2n) is 8.30. The van der Waals surface area contributed by atoms with Gasteiger partial charge < -0.3 is 4.90 Å². The standard InChI is InChI=1S/C21H22F3N7S/c1-12-7-14(10-31-19(12)26-11-27-31)17-15(8-21(22,23)24)18(29-28-17)20-25-9-16(32-20)13-3-5-30(2)6-4-13/h7,9-11,13H,3-6,8H2,1-2H3,(H,28,29). The molecule has 5 heterocycles. The van der Waals surface area contributed by atoms with Crippen LogP contribution in [0.15, 0.2) is 24.8 Å². The zero-order chi connectivity index (χ0) is 22.5. The van der Waals surface area contributed by atoms with Crippen LogP contribution in [-0.2, 0) is 6.42 Å². The van der Waals surface area contributed by atoms with Crippen LogP contribution in [-0.4, -0.2) is 61.0 Å². The van der Waals surface area contributed by atoms with Gasteiger partial charge in [-0.1, -0.05) is 0 Å². The Balaban J connectivity index is 1.55. The van der Waals surface area contributed by atoms with Gasteiger partial charge in [-0.05, 0) is 57.5 Å². The van der Waals surface area contributed by atoms with Gasteiger partial charge in [-0.3, -0.25) is 5.10 Å². The molecule has 7 nitrogen and oxygen atoms in total. The summed E-state index contributed by atoms with van der Waals surface area (Å²) in [6.45, 7) is 3.87. The smallest absolute Gasteiger partial charge is 0.306 e. The molecule has 0 aromatic carbocycles. The summed E-state index contributed by atoms with van der Waals surface area (Å²) < 4.78 is 42.2. The zero-order valence-corrected chi connectivity index (χ0v) is 18.5. The molecule has 0 unspecified atom stereocenters. The molecule has 1 N–H and O–H groups in total. The number of halogens is 3. The summed E-state index contributed by atoms with van der Waals surface area (Å²) in [6, 6.07) is 1.79. The third-order valence-electron chi connectivity index (χ3n) is 5.94. The lowest BCUT2D eigenvalue weighted by Gasteiger charge is -2.27. The van der Waals surface area contributed by atoms with Gasteiger partial charge in [-0.2, -0.15) is 23.4 Å². The molecule has 0 saturated carbocycles. The van der Waals surface area contributed by atoms with E-state index in [2.05, 4.69) is 37.2 Å². The fraction of sp³-hybridized carbons (Fsp3) is 0.429. The molecule has 1 aliphatic heterocycles. The van der Waals surface area contributed by atoms with Crippen molar-refractivity contribution in [2.75, 3.05) is 20.1 Å². The fourth-order valence-corrected chi connectivity index (χ4v) is 5.37. The molecule has 0 spiro atoms. The molecule has 1 aliphatic rings. The summed E-state index contributed by atoms with van der Waals surface area (Å²) in [5.74, 6) is 0.392. The Bertz CT molecular complexity index is 1250. The predicted octanol–water partition coefficient (Wildman–Crippen LogP) is 4.47. The zero-order valence-electron chi connectivity index (χ0n) is 17.6. The Kier molecular flexibility index (Phi) is 5.25. The highest BCUT2D eigenvalue weighted by Crippen LogP contribution is 2.39. The summed E-state index contributed by atoms with van der Waals surface area (Å²) in [5, 5.41) is 11.8. The largest absolute Gasteiger partial charge is 0.393 e. The van der Waals surface area contributed by atoms with Crippen LogP contribution in [0.2, 0.25) is 0 Å². The molecular weight excluding hydrogens is 439 g/mol. The van der Waals surface area contributed by atoms with Gasteiger partial charge in [0.15, 0.2) is 5.65 Å². The number of aryl methyl sites for hydroxylation is 1. The van der Waals surface area contributed by atoms with Gasteiger partial charge in [-0.15, -0.1) is 11.3 Å². The molecular formula is C21H22F3N7S. The van der Waals surface area contributed by atoms with Crippen molar-refractivity contribution in [1.82, 2.24) is 34.7 Å². The van der Waals surface area contributed by atoms with Gasteiger partial charge >= 0.3 is 6.18 Å². The highest BCUT2D eigenvalue weighted by Gasteiger charge is 2.33. The van der Waals surface area contributed by atoms with Gasteiger partial charge in [0.1, 0.15) is 11.3 Å². The predicted molar refractivity (Wildman–Crippen MR) is 116 cm³/mol. The molecule has 0 bridgehead atoms. The van der Waals surface area contributed by atoms with E-state index in [1.807, 2.05) is 6.92 Å². The molecule has 1 saturated heterocycles. The Labute approximate surface area is 186 Å². The number of aromatic amines is 1. The first-order valence-corrected chi connectivity index (χ1v) is 11.2. The lowest BCUT2D eigenvalue weighted by Crippen LogP contribution is -2.28. The summed E-state index contributed by atoms with van der Waals surface area (Å²) in [6.07, 6.45) is 1.46. The highest BCUT2D eigenvalue weighted by atomic mass is 32.1. The van der Waals surface area contributed by atoms with Crippen molar-refractivity contribution in [3.8, 4) is 22.0 Å². The number of piperidine rings is 1. The van der Waals surface area contributed by atoms with E-state index in [4.69, 9.17) is 0 Å². The number of nitrogens with zero attached hydrogens (tertiary/aromatic N) is 6. The van der Waals surface area contributed by atoms with Gasteiger partial charge in [0, 0.05) is 28.4 Å². The minimum absolute atomic E-state index is 0.0978. The van der Waals surface area contributed by atoms with E-state index < -0.39 is 12.6 Å². The van der Waals surface area contributed by atoms with Crippen LogP contribution in [0.4, 0.5) is 13.2 Å². The van der Waals surface area contributed by atoms with E-state index in [-0.39, 0.29) is 11.3 Å². The summed E-state index contributed by atoms with van der Waals surface area (Å²) in [5.41, 5.74) is 2.70. The van der Waals surface area contributed by atoms with Crippen molar-refractivity contribution in [3.05, 3.63) is 40.8 Å². The van der Waals surface area contributed by atoms with E-state index in [9.17, 15) is 13.2 Å². The number of pyridine rings is 1. The Morgan fingerprint density at radius 2 is 2.00 bits per heavy atom. The van der Waals surface area contributed by atoms with Crippen LogP contribution in [0.3, 0.4) is 0 Å². The molecule has 0 aliphatic carbocycles. The van der Waals surface area contributed by atoms with Crippen LogP contribution >= 0.6 is 11.3 Å². The third kappa shape index (κ3) is 4.02. The molecule has 0 atom stereocenters. The number of hydrogen-bond donors (Lipinski definition) is 1. The van der Waals surface area contributed by atoms with E-state index in [1.54, 1.807) is 23.0 Å². The maximum atomic E-state index is 13.5. The van der Waals surface area contributed by atoms with Crippen molar-refractivity contribution in [3.63, 3.8) is 0 Å². The SMILES string of the molecule is Cc1cc(-c2n[nH]c(-c3ncc(C4CCN(C)CC4)s3)c2CC(F)(F)F)cn2ncnc12. The number of hydrogen-bond acceptors (Lipinski definition) is 6. The van der Waals surface area contributed by atoms with Crippen molar-refractivity contribution in [2.24, 2.45) is 0 Å². The van der Waals surface area contributed by atoms with Crippen LogP contribution in [0.25, 0.3) is 27.6 Å². The number of thiazole rings is 1. The number of likely N-dealkylation sites (tertiary alicyclic amines) is 1. The number of alkyl halides is 3. The van der Waals surface area contributed by atoms with E-state index >= 15 is 0 Å². The third-order valence-corrected chi connectivity index (χ3v) is 7.11. The summed E-state index contributed by atoms with van der Waals surface area (Å²) in [7, 11) is 2.10. The van der Waals surface area contributed by atoms with Gasteiger partial charge in [0.25, 0.3) is 0 Å². The first-order chi connectivity index (χ1) is 15.3. The van der Waals surface area contributed by atoms with Crippen molar-refractivity contribution < 1.29 is 13.2 Å². The molecule has 0 amide bonds. The topological polar surface area (TPSA) is 75.0 Å². The molecule has 4 aromatic rings. The van der Waals surface area contributed by atoms with Crippen molar-refractivity contribution in [2.45, 2.75) is 38.3 Å². The quantitative estimate of drug-likeness (QED) is 0.486. The minimum atomic E-state index is -4.38. The van der Waals surface area contributed by atoms with Crippen LogP contribution < -0.4 is 0 Å². The van der Waals surface area contributed by atoms with E-state index in [0.29, 0.717) is 27.8 Å². The average Bonchev–Trinajstić information content (AvgIpc) is 3.46. The molecule has 1 fully saturated rings. The highest BCUT2D eigenvalue weighted by molar-refractivity contribution is 7.15. The van der Waals surface area contributed by atoms with Gasteiger partial charge in [-0.25, -0.2) is 14.5 Å². The number of fused-ring (bicyclic) bond motifs is 1. The summed E-state index contributed by atoms with van der Waals surface area (Å²) >= 11 is 1.45. The number of H-pyrrole nitrogens is 1. The molecule has 0 radical (unpaired) electrons. The minimum Gasteiger partial charge on any atom is -0.306 e. The summed E-state index contributed by atoms with van der Waals surface area (Å²) in [4.78, 5) is 12.0. The van der Waals surface area contributed by atoms with Gasteiger partial charge in [0.05, 0.1) is 17.8 Å². The maximum Gasteiger partial charge on any atom is 0.393 e. The second-order valence-corrected chi connectivity index (χ2v) is 9.37.